The molecule has 2 aliphatic rings. The third-order valence-corrected chi connectivity index (χ3v) is 6.25. The number of piperidine rings is 1. The molecule has 15 nitrogen and oxygen atoms in total. The van der Waals surface area contributed by atoms with E-state index in [1.54, 1.807) is 49.8 Å². The van der Waals surface area contributed by atoms with Crippen molar-refractivity contribution in [2.75, 3.05) is 38.3 Å². The van der Waals surface area contributed by atoms with Crippen LogP contribution in [-0.2, 0) is 36.9 Å². The van der Waals surface area contributed by atoms with E-state index in [1.807, 2.05) is 0 Å². The van der Waals surface area contributed by atoms with Gasteiger partial charge in [-0.3, -0.25) is 29.4 Å². The van der Waals surface area contributed by atoms with E-state index < -0.39 is 41.4 Å². The molecule has 0 aliphatic carbocycles. The van der Waals surface area contributed by atoms with Crippen LogP contribution in [0.2, 0.25) is 0 Å². The zero-order valence-corrected chi connectivity index (χ0v) is 23.8. The first kappa shape index (κ1) is 30.6. The molecule has 0 bridgehead atoms. The van der Waals surface area contributed by atoms with Gasteiger partial charge in [0.15, 0.2) is 0 Å². The molecule has 2 aromatic rings. The Morgan fingerprint density at radius 1 is 1.05 bits per heavy atom. The second-order valence-electron chi connectivity index (χ2n) is 10.7. The van der Waals surface area contributed by atoms with Gasteiger partial charge in [0.2, 0.25) is 11.8 Å². The highest BCUT2D eigenvalue weighted by Crippen LogP contribution is 2.29. The van der Waals surface area contributed by atoms with E-state index in [0.717, 1.165) is 4.90 Å². The summed E-state index contributed by atoms with van der Waals surface area (Å²) in [7, 11) is 0. The summed E-state index contributed by atoms with van der Waals surface area (Å²) in [5, 5.41) is 16.2. The predicted octanol–water partition coefficient (Wildman–Crippen LogP) is 0.849. The average molecular weight is 586 g/mol. The molecule has 0 radical (unpaired) electrons. The Bertz CT molecular complexity index is 1340. The largest absolute Gasteiger partial charge is 0.444 e. The number of imide groups is 2. The molecular weight excluding hydrogens is 550 g/mol. The van der Waals surface area contributed by atoms with E-state index >= 15 is 0 Å². The van der Waals surface area contributed by atoms with E-state index in [2.05, 4.69) is 26.3 Å². The van der Waals surface area contributed by atoms with Crippen molar-refractivity contribution in [2.24, 2.45) is 0 Å². The number of benzene rings is 1. The number of carbonyl (C=O) groups is 5. The van der Waals surface area contributed by atoms with Gasteiger partial charge in [0.05, 0.1) is 56.8 Å². The second-order valence-corrected chi connectivity index (χ2v) is 10.7. The molecule has 1 aromatic heterocycles. The molecule has 1 aromatic carbocycles. The molecule has 1 fully saturated rings. The quantitative estimate of drug-likeness (QED) is 0.224. The number of nitrogens with zero attached hydrogens (tertiary/aromatic N) is 4. The zero-order valence-electron chi connectivity index (χ0n) is 23.8. The van der Waals surface area contributed by atoms with Gasteiger partial charge in [0.1, 0.15) is 17.3 Å². The lowest BCUT2D eigenvalue weighted by atomic mass is 10.0. The van der Waals surface area contributed by atoms with Crippen molar-refractivity contribution >= 4 is 35.4 Å². The van der Waals surface area contributed by atoms with Crippen LogP contribution in [0.25, 0.3) is 0 Å². The average Bonchev–Trinajstić information content (AvgIpc) is 3.47. The number of hydrogen-bond acceptors (Lipinski definition) is 11. The van der Waals surface area contributed by atoms with Gasteiger partial charge in [-0.1, -0.05) is 5.21 Å². The number of hydrogen-bond donors (Lipinski definition) is 3. The van der Waals surface area contributed by atoms with E-state index in [-0.39, 0.29) is 24.0 Å². The summed E-state index contributed by atoms with van der Waals surface area (Å²) in [5.74, 6) is -2.19. The molecule has 1 unspecified atom stereocenters. The van der Waals surface area contributed by atoms with Crippen molar-refractivity contribution in [3.8, 4) is 0 Å². The smallest absolute Gasteiger partial charge is 0.407 e. The summed E-state index contributed by atoms with van der Waals surface area (Å²) >= 11 is 0. The highest BCUT2D eigenvalue weighted by molar-refractivity contribution is 6.23. The maximum atomic E-state index is 13.0. The number of ether oxygens (including phenoxy) is 3. The highest BCUT2D eigenvalue weighted by atomic mass is 16.6. The summed E-state index contributed by atoms with van der Waals surface area (Å²) in [4.78, 5) is 62.0. The van der Waals surface area contributed by atoms with Gasteiger partial charge in [-0.2, -0.15) is 0 Å². The third-order valence-electron chi connectivity index (χ3n) is 6.25. The molecule has 3 heterocycles. The van der Waals surface area contributed by atoms with Crippen molar-refractivity contribution in [1.82, 2.24) is 30.5 Å². The van der Waals surface area contributed by atoms with Gasteiger partial charge < -0.3 is 24.8 Å². The van der Waals surface area contributed by atoms with Crippen LogP contribution in [0, 0.1) is 0 Å². The van der Waals surface area contributed by atoms with Gasteiger partial charge >= 0.3 is 6.09 Å². The summed E-state index contributed by atoms with van der Waals surface area (Å²) < 4.78 is 17.8. The van der Waals surface area contributed by atoms with Crippen LogP contribution in [0.1, 0.15) is 60.0 Å². The summed E-state index contributed by atoms with van der Waals surface area (Å²) in [6.07, 6.45) is 1.45. The van der Waals surface area contributed by atoms with Crippen molar-refractivity contribution in [3.05, 3.63) is 41.2 Å². The van der Waals surface area contributed by atoms with Crippen molar-refractivity contribution in [2.45, 2.75) is 58.3 Å². The first-order valence-electron chi connectivity index (χ1n) is 13.6. The van der Waals surface area contributed by atoms with E-state index in [0.29, 0.717) is 57.4 Å². The van der Waals surface area contributed by atoms with Gasteiger partial charge in [-0.25, -0.2) is 9.48 Å². The molecule has 1 atom stereocenters. The van der Waals surface area contributed by atoms with E-state index in [1.165, 1.54) is 0 Å². The summed E-state index contributed by atoms with van der Waals surface area (Å²) in [6, 6.07) is 3.77. The standard InChI is InChI=1S/C27H35N7O8/c1-27(2,3)42-26(39)28-8-10-40-12-13-41-11-9-33-16-18(31-32-33)15-29-17-4-5-19-20(14-17)25(38)34(24(19)37)21-6-7-22(35)30-23(21)36/h4-5,14,16,21,29H,6-13,15H2,1-3H3,(H,28,39)(H,30,35,36). The third kappa shape index (κ3) is 8.10. The molecule has 1 saturated heterocycles. The molecule has 2 aliphatic heterocycles. The number of rotatable bonds is 13. The topological polar surface area (TPSA) is 183 Å². The lowest BCUT2D eigenvalue weighted by Crippen LogP contribution is -2.54. The molecule has 4 rings (SSSR count). The second kappa shape index (κ2) is 13.5. The number of carbonyl (C=O) groups excluding carboxylic acids is 5. The minimum atomic E-state index is -1.01. The minimum Gasteiger partial charge on any atom is -0.444 e. The number of anilines is 1. The Balaban J connectivity index is 1.14. The van der Waals surface area contributed by atoms with Gasteiger partial charge in [0.25, 0.3) is 11.8 Å². The number of fused-ring (bicyclic) bond motifs is 1. The fourth-order valence-electron chi connectivity index (χ4n) is 4.32. The summed E-state index contributed by atoms with van der Waals surface area (Å²) in [5.41, 5.74) is 1.11. The SMILES string of the molecule is CC(C)(C)OC(=O)NCCOCCOCCn1cc(CNc2ccc3c(c2)C(=O)N(C2CCC(=O)NC2=O)C3=O)nn1. The molecule has 3 N–H and O–H groups in total. The lowest BCUT2D eigenvalue weighted by Gasteiger charge is -2.27. The first-order valence-corrected chi connectivity index (χ1v) is 13.6. The molecule has 0 spiro atoms. The van der Waals surface area contributed by atoms with E-state index in [9.17, 15) is 24.0 Å². The minimum absolute atomic E-state index is 0.0640. The maximum absolute atomic E-state index is 13.0. The predicted molar refractivity (Wildman–Crippen MR) is 146 cm³/mol. The molecule has 42 heavy (non-hydrogen) atoms. The summed E-state index contributed by atoms with van der Waals surface area (Å²) in [6.45, 7) is 8.04. The fourth-order valence-corrected chi connectivity index (χ4v) is 4.32. The number of aromatic nitrogens is 3. The molecular formula is C27H35N7O8. The zero-order chi connectivity index (χ0) is 30.3. The Morgan fingerprint density at radius 3 is 2.52 bits per heavy atom. The van der Waals surface area contributed by atoms with Crippen LogP contribution in [-0.4, -0.2) is 94.2 Å². The van der Waals surface area contributed by atoms with Crippen molar-refractivity contribution < 1.29 is 38.2 Å². The molecule has 226 valence electrons. The van der Waals surface area contributed by atoms with Crippen molar-refractivity contribution in [3.63, 3.8) is 0 Å². The van der Waals surface area contributed by atoms with Gasteiger partial charge in [0, 0.05) is 18.7 Å². The van der Waals surface area contributed by atoms with Gasteiger partial charge in [-0.15, -0.1) is 5.10 Å². The number of nitrogens with one attached hydrogen (secondary N) is 3. The number of alkyl carbamates (subject to hydrolysis) is 1. The van der Waals surface area contributed by atoms with Crippen LogP contribution in [0.3, 0.4) is 0 Å². The van der Waals surface area contributed by atoms with E-state index in [4.69, 9.17) is 14.2 Å². The van der Waals surface area contributed by atoms with Crippen LogP contribution in [0.15, 0.2) is 24.4 Å². The Labute approximate surface area is 242 Å². The Hall–Kier alpha value is -4.37. The highest BCUT2D eigenvalue weighted by Gasteiger charge is 2.44. The fraction of sp³-hybridized carbons (Fsp3) is 0.519. The Kier molecular flexibility index (Phi) is 9.85. The number of amides is 5. The van der Waals surface area contributed by atoms with Crippen LogP contribution in [0.5, 0.6) is 0 Å². The maximum Gasteiger partial charge on any atom is 0.407 e. The van der Waals surface area contributed by atoms with Gasteiger partial charge in [-0.05, 0) is 45.4 Å². The van der Waals surface area contributed by atoms with Crippen LogP contribution in [0.4, 0.5) is 10.5 Å². The molecule has 0 saturated carbocycles. The monoisotopic (exact) mass is 585 g/mol. The lowest BCUT2D eigenvalue weighted by molar-refractivity contribution is -0.136. The molecule has 5 amide bonds. The first-order chi connectivity index (χ1) is 20.0. The molecule has 15 heteroatoms. The van der Waals surface area contributed by atoms with Crippen LogP contribution < -0.4 is 16.0 Å². The van der Waals surface area contributed by atoms with Crippen molar-refractivity contribution in [1.29, 1.82) is 0 Å². The normalized spacial score (nSPS) is 16.8. The Morgan fingerprint density at radius 2 is 1.79 bits per heavy atom. The van der Waals surface area contributed by atoms with Crippen LogP contribution >= 0.6 is 0 Å².